The van der Waals surface area contributed by atoms with Gasteiger partial charge in [0.15, 0.2) is 0 Å². The van der Waals surface area contributed by atoms with Gasteiger partial charge in [-0.05, 0) is 0 Å². The molecule has 10 heavy (non-hydrogen) atoms. The van der Waals surface area contributed by atoms with Gasteiger partial charge in [-0.1, -0.05) is 6.92 Å². The minimum Gasteiger partial charge on any atom is -0.390 e. The summed E-state index contributed by atoms with van der Waals surface area (Å²) in [5.41, 5.74) is 0.872. The summed E-state index contributed by atoms with van der Waals surface area (Å²) in [6, 6.07) is 0. The second-order valence-electron chi connectivity index (χ2n) is 2.24. The van der Waals surface area contributed by atoms with Crippen LogP contribution in [0.4, 0.5) is 0 Å². The SMILES string of the molecule is CCc1ncc(CO)n1C. The Balaban J connectivity index is 2.97. The number of aromatic nitrogens is 2. The average Bonchev–Trinajstić information content (AvgIpc) is 2.30. The Labute approximate surface area is 60.3 Å². The van der Waals surface area contributed by atoms with Crippen molar-refractivity contribution < 1.29 is 5.11 Å². The van der Waals surface area contributed by atoms with Gasteiger partial charge in [0.05, 0.1) is 18.5 Å². The number of nitrogens with zero attached hydrogens (tertiary/aromatic N) is 2. The minimum absolute atomic E-state index is 0.0729. The van der Waals surface area contributed by atoms with E-state index in [1.165, 1.54) is 0 Å². The molecule has 1 N–H and O–H groups in total. The first kappa shape index (κ1) is 7.28. The fourth-order valence-corrected chi connectivity index (χ4v) is 0.963. The van der Waals surface area contributed by atoms with E-state index in [2.05, 4.69) is 4.98 Å². The van der Waals surface area contributed by atoms with Gasteiger partial charge in [0.2, 0.25) is 0 Å². The predicted molar refractivity (Wildman–Crippen MR) is 38.5 cm³/mol. The molecule has 0 saturated carbocycles. The lowest BCUT2D eigenvalue weighted by Gasteiger charge is -1.99. The first-order chi connectivity index (χ1) is 4.79. The predicted octanol–water partition coefficient (Wildman–Crippen LogP) is 0.475. The molecule has 1 aromatic rings. The summed E-state index contributed by atoms with van der Waals surface area (Å²) in [6.07, 6.45) is 2.62. The van der Waals surface area contributed by atoms with E-state index in [0.717, 1.165) is 17.9 Å². The smallest absolute Gasteiger partial charge is 0.108 e. The normalized spacial score (nSPS) is 10.3. The third-order valence-corrected chi connectivity index (χ3v) is 1.66. The second-order valence-corrected chi connectivity index (χ2v) is 2.24. The summed E-state index contributed by atoms with van der Waals surface area (Å²) in [5.74, 6) is 1.02. The molecule has 0 bridgehead atoms. The Kier molecular flexibility index (Phi) is 2.06. The third-order valence-electron chi connectivity index (χ3n) is 1.66. The monoisotopic (exact) mass is 140 g/mol. The second kappa shape index (κ2) is 2.84. The van der Waals surface area contributed by atoms with E-state index in [9.17, 15) is 0 Å². The van der Waals surface area contributed by atoms with Crippen molar-refractivity contribution in [3.63, 3.8) is 0 Å². The molecule has 0 amide bonds. The molecule has 0 unspecified atom stereocenters. The van der Waals surface area contributed by atoms with E-state index >= 15 is 0 Å². The van der Waals surface area contributed by atoms with Crippen LogP contribution in [0, 0.1) is 0 Å². The lowest BCUT2D eigenvalue weighted by atomic mass is 10.4. The van der Waals surface area contributed by atoms with Gasteiger partial charge in [-0.25, -0.2) is 4.98 Å². The molecule has 56 valence electrons. The van der Waals surface area contributed by atoms with Crippen LogP contribution < -0.4 is 0 Å². The zero-order valence-corrected chi connectivity index (χ0v) is 6.33. The van der Waals surface area contributed by atoms with E-state index in [1.807, 2.05) is 18.5 Å². The van der Waals surface area contributed by atoms with Crippen molar-refractivity contribution in [3.8, 4) is 0 Å². The topological polar surface area (TPSA) is 38.1 Å². The minimum atomic E-state index is 0.0729. The molecule has 0 fully saturated rings. The highest BCUT2D eigenvalue weighted by Gasteiger charge is 2.01. The first-order valence-corrected chi connectivity index (χ1v) is 3.40. The van der Waals surface area contributed by atoms with Crippen LogP contribution in [0.5, 0.6) is 0 Å². The maximum atomic E-state index is 8.77. The van der Waals surface area contributed by atoms with E-state index in [1.54, 1.807) is 6.20 Å². The molecular formula is C7H12N2O. The summed E-state index contributed by atoms with van der Waals surface area (Å²) in [5, 5.41) is 8.77. The number of aliphatic hydroxyl groups is 1. The number of imidazole rings is 1. The Morgan fingerprint density at radius 1 is 1.70 bits per heavy atom. The van der Waals surface area contributed by atoms with Crippen molar-refractivity contribution in [2.45, 2.75) is 20.0 Å². The number of rotatable bonds is 2. The molecule has 1 heterocycles. The highest BCUT2D eigenvalue weighted by molar-refractivity contribution is 5.03. The van der Waals surface area contributed by atoms with Crippen molar-refractivity contribution >= 4 is 0 Å². The largest absolute Gasteiger partial charge is 0.390 e. The summed E-state index contributed by atoms with van der Waals surface area (Å²) in [4.78, 5) is 4.11. The quantitative estimate of drug-likeness (QED) is 0.648. The van der Waals surface area contributed by atoms with E-state index < -0.39 is 0 Å². The zero-order chi connectivity index (χ0) is 7.56. The Morgan fingerprint density at radius 2 is 2.40 bits per heavy atom. The van der Waals surface area contributed by atoms with Crippen LogP contribution in [0.1, 0.15) is 18.4 Å². The Hall–Kier alpha value is -0.830. The lowest BCUT2D eigenvalue weighted by molar-refractivity contribution is 0.272. The van der Waals surface area contributed by atoms with Gasteiger partial charge in [0, 0.05) is 13.5 Å². The van der Waals surface area contributed by atoms with Crippen molar-refractivity contribution in [2.24, 2.45) is 7.05 Å². The fourth-order valence-electron chi connectivity index (χ4n) is 0.963. The van der Waals surface area contributed by atoms with Crippen molar-refractivity contribution in [2.75, 3.05) is 0 Å². The number of aliphatic hydroxyl groups excluding tert-OH is 1. The number of hydrogen-bond donors (Lipinski definition) is 1. The van der Waals surface area contributed by atoms with Crippen LogP contribution in [0.15, 0.2) is 6.20 Å². The summed E-state index contributed by atoms with van der Waals surface area (Å²) < 4.78 is 1.92. The van der Waals surface area contributed by atoms with Crippen molar-refractivity contribution in [1.29, 1.82) is 0 Å². The molecule has 0 radical (unpaired) electrons. The summed E-state index contributed by atoms with van der Waals surface area (Å²) >= 11 is 0. The molecule has 0 aliphatic heterocycles. The fraction of sp³-hybridized carbons (Fsp3) is 0.571. The number of hydrogen-bond acceptors (Lipinski definition) is 2. The number of aryl methyl sites for hydroxylation is 1. The summed E-state index contributed by atoms with van der Waals surface area (Å²) in [6.45, 7) is 2.12. The van der Waals surface area contributed by atoms with Crippen LogP contribution in [0.2, 0.25) is 0 Å². The van der Waals surface area contributed by atoms with Gasteiger partial charge in [-0.15, -0.1) is 0 Å². The highest BCUT2D eigenvalue weighted by Crippen LogP contribution is 2.02. The Bertz CT molecular complexity index is 196. The molecule has 3 heteroatoms. The molecule has 1 aromatic heterocycles. The lowest BCUT2D eigenvalue weighted by Crippen LogP contribution is -2.00. The molecule has 0 atom stereocenters. The molecule has 3 nitrogen and oxygen atoms in total. The zero-order valence-electron chi connectivity index (χ0n) is 6.33. The standard InChI is InChI=1S/C7H12N2O/c1-3-7-8-4-6(5-10)9(7)2/h4,10H,3,5H2,1-2H3. The van der Waals surface area contributed by atoms with Crippen LogP contribution >= 0.6 is 0 Å². The van der Waals surface area contributed by atoms with Crippen LogP contribution in [-0.2, 0) is 20.1 Å². The van der Waals surface area contributed by atoms with Gasteiger partial charge < -0.3 is 9.67 Å². The Morgan fingerprint density at radius 3 is 2.70 bits per heavy atom. The summed E-state index contributed by atoms with van der Waals surface area (Å²) in [7, 11) is 1.91. The van der Waals surface area contributed by atoms with Crippen LogP contribution in [-0.4, -0.2) is 14.7 Å². The van der Waals surface area contributed by atoms with Gasteiger partial charge in [0.25, 0.3) is 0 Å². The molecule has 0 aliphatic rings. The van der Waals surface area contributed by atoms with Crippen LogP contribution in [0.25, 0.3) is 0 Å². The van der Waals surface area contributed by atoms with Crippen molar-refractivity contribution in [3.05, 3.63) is 17.7 Å². The first-order valence-electron chi connectivity index (χ1n) is 3.40. The van der Waals surface area contributed by atoms with E-state index in [-0.39, 0.29) is 6.61 Å². The third kappa shape index (κ3) is 1.04. The van der Waals surface area contributed by atoms with Gasteiger partial charge in [0.1, 0.15) is 5.82 Å². The molecule has 0 aliphatic carbocycles. The molecular weight excluding hydrogens is 128 g/mol. The highest BCUT2D eigenvalue weighted by atomic mass is 16.3. The molecule has 0 aromatic carbocycles. The van der Waals surface area contributed by atoms with Gasteiger partial charge >= 0.3 is 0 Å². The van der Waals surface area contributed by atoms with Crippen molar-refractivity contribution in [1.82, 2.24) is 9.55 Å². The van der Waals surface area contributed by atoms with E-state index in [0.29, 0.717) is 0 Å². The van der Waals surface area contributed by atoms with Crippen LogP contribution in [0.3, 0.4) is 0 Å². The molecule has 0 saturated heterocycles. The average molecular weight is 140 g/mol. The maximum Gasteiger partial charge on any atom is 0.108 e. The van der Waals surface area contributed by atoms with Gasteiger partial charge in [-0.3, -0.25) is 0 Å². The van der Waals surface area contributed by atoms with E-state index in [4.69, 9.17) is 5.11 Å². The molecule has 1 rings (SSSR count). The molecule has 0 spiro atoms. The van der Waals surface area contributed by atoms with Gasteiger partial charge in [-0.2, -0.15) is 0 Å². The maximum absolute atomic E-state index is 8.77.